The Balaban J connectivity index is 1.59. The van der Waals surface area contributed by atoms with Gasteiger partial charge in [-0.15, -0.1) is 0 Å². The summed E-state index contributed by atoms with van der Waals surface area (Å²) in [7, 11) is 2.05. The van der Waals surface area contributed by atoms with Crippen LogP contribution < -0.4 is 10.1 Å². The Hall–Kier alpha value is -2.86. The molecule has 1 heterocycles. The SMILES string of the molecule is Cc1cccc(C)c1OCC(=O)Nc1cccc(C(=O)N2CCN(C)CC2)c1. The summed E-state index contributed by atoms with van der Waals surface area (Å²) in [5.41, 5.74) is 3.16. The molecule has 6 nitrogen and oxygen atoms in total. The number of nitrogens with zero attached hydrogens (tertiary/aromatic N) is 2. The fraction of sp³-hybridized carbons (Fsp3) is 0.364. The van der Waals surface area contributed by atoms with Gasteiger partial charge >= 0.3 is 0 Å². The lowest BCUT2D eigenvalue weighted by Gasteiger charge is -2.32. The predicted molar refractivity (Wildman–Crippen MR) is 110 cm³/mol. The first kappa shape index (κ1) is 19.9. The van der Waals surface area contributed by atoms with E-state index in [1.54, 1.807) is 24.3 Å². The van der Waals surface area contributed by atoms with Crippen molar-refractivity contribution in [3.8, 4) is 5.75 Å². The standard InChI is InChI=1S/C22H27N3O3/c1-16-6-4-7-17(2)21(16)28-15-20(26)23-19-9-5-8-18(14-19)22(27)25-12-10-24(3)11-13-25/h4-9,14H,10-13,15H2,1-3H3,(H,23,26). The molecule has 1 fully saturated rings. The van der Waals surface area contributed by atoms with Crippen LogP contribution in [-0.4, -0.2) is 61.4 Å². The largest absolute Gasteiger partial charge is 0.483 e. The lowest BCUT2D eigenvalue weighted by molar-refractivity contribution is -0.118. The Morgan fingerprint density at radius 3 is 2.32 bits per heavy atom. The van der Waals surface area contributed by atoms with E-state index in [4.69, 9.17) is 4.74 Å². The Kier molecular flexibility index (Phi) is 6.31. The molecule has 2 aromatic carbocycles. The third-order valence-electron chi connectivity index (χ3n) is 4.94. The zero-order valence-corrected chi connectivity index (χ0v) is 16.7. The summed E-state index contributed by atoms with van der Waals surface area (Å²) in [5.74, 6) is 0.472. The smallest absolute Gasteiger partial charge is 0.262 e. The zero-order valence-electron chi connectivity index (χ0n) is 16.7. The van der Waals surface area contributed by atoms with Crippen LogP contribution in [0.4, 0.5) is 5.69 Å². The summed E-state index contributed by atoms with van der Waals surface area (Å²) in [5, 5.41) is 2.81. The van der Waals surface area contributed by atoms with Crippen molar-refractivity contribution < 1.29 is 14.3 Å². The number of likely N-dealkylation sites (N-methyl/N-ethyl adjacent to an activating group) is 1. The molecule has 0 radical (unpaired) electrons. The van der Waals surface area contributed by atoms with Crippen LogP contribution in [0.2, 0.25) is 0 Å². The number of piperazine rings is 1. The normalized spacial score (nSPS) is 14.6. The Bertz CT molecular complexity index is 838. The van der Waals surface area contributed by atoms with Crippen molar-refractivity contribution in [2.75, 3.05) is 45.2 Å². The highest BCUT2D eigenvalue weighted by atomic mass is 16.5. The van der Waals surface area contributed by atoms with Gasteiger partial charge in [0.15, 0.2) is 6.61 Å². The Morgan fingerprint density at radius 2 is 1.64 bits per heavy atom. The van der Waals surface area contributed by atoms with Gasteiger partial charge in [0.05, 0.1) is 0 Å². The molecule has 0 spiro atoms. The first-order chi connectivity index (χ1) is 13.4. The summed E-state index contributed by atoms with van der Waals surface area (Å²) in [6.45, 7) is 7.00. The number of carbonyl (C=O) groups is 2. The Morgan fingerprint density at radius 1 is 1.00 bits per heavy atom. The number of hydrogen-bond acceptors (Lipinski definition) is 4. The van der Waals surface area contributed by atoms with E-state index in [0.29, 0.717) is 11.3 Å². The van der Waals surface area contributed by atoms with E-state index < -0.39 is 0 Å². The fourth-order valence-electron chi connectivity index (χ4n) is 3.28. The van der Waals surface area contributed by atoms with Gasteiger partial charge < -0.3 is 19.9 Å². The minimum Gasteiger partial charge on any atom is -0.483 e. The van der Waals surface area contributed by atoms with Crippen molar-refractivity contribution in [2.24, 2.45) is 0 Å². The minimum absolute atomic E-state index is 0.00372. The van der Waals surface area contributed by atoms with Gasteiger partial charge in [-0.2, -0.15) is 0 Å². The van der Waals surface area contributed by atoms with E-state index in [1.165, 1.54) is 0 Å². The molecule has 3 rings (SSSR count). The molecule has 1 aliphatic heterocycles. The highest BCUT2D eigenvalue weighted by Crippen LogP contribution is 2.22. The molecule has 1 saturated heterocycles. The number of nitrogens with one attached hydrogen (secondary N) is 1. The molecule has 1 aliphatic rings. The van der Waals surface area contributed by atoms with Gasteiger partial charge in [0.1, 0.15) is 5.75 Å². The van der Waals surface area contributed by atoms with Crippen molar-refractivity contribution in [2.45, 2.75) is 13.8 Å². The molecular weight excluding hydrogens is 354 g/mol. The number of carbonyl (C=O) groups excluding carboxylic acids is 2. The average Bonchev–Trinajstić information content (AvgIpc) is 2.68. The van der Waals surface area contributed by atoms with Crippen molar-refractivity contribution in [1.82, 2.24) is 9.80 Å². The van der Waals surface area contributed by atoms with Crippen LogP contribution in [0.15, 0.2) is 42.5 Å². The number of benzene rings is 2. The van der Waals surface area contributed by atoms with Gasteiger partial charge in [0.2, 0.25) is 0 Å². The van der Waals surface area contributed by atoms with E-state index in [1.807, 2.05) is 36.9 Å². The van der Waals surface area contributed by atoms with Crippen LogP contribution in [0.5, 0.6) is 5.75 Å². The molecule has 0 saturated carbocycles. The van der Waals surface area contributed by atoms with Crippen molar-refractivity contribution in [3.63, 3.8) is 0 Å². The van der Waals surface area contributed by atoms with Gasteiger partial charge in [-0.1, -0.05) is 24.3 Å². The number of hydrogen-bond donors (Lipinski definition) is 1. The van der Waals surface area contributed by atoms with E-state index in [-0.39, 0.29) is 18.4 Å². The van der Waals surface area contributed by atoms with Crippen LogP contribution in [0.25, 0.3) is 0 Å². The van der Waals surface area contributed by atoms with Gasteiger partial charge in [-0.25, -0.2) is 0 Å². The number of aryl methyl sites for hydroxylation is 2. The monoisotopic (exact) mass is 381 g/mol. The predicted octanol–water partition coefficient (Wildman–Crippen LogP) is 2.71. The highest BCUT2D eigenvalue weighted by molar-refractivity contribution is 5.97. The second-order valence-electron chi connectivity index (χ2n) is 7.23. The van der Waals surface area contributed by atoms with Crippen LogP contribution in [0.1, 0.15) is 21.5 Å². The van der Waals surface area contributed by atoms with Gasteiger partial charge in [-0.3, -0.25) is 9.59 Å². The van der Waals surface area contributed by atoms with E-state index in [9.17, 15) is 9.59 Å². The molecular formula is C22H27N3O3. The number of para-hydroxylation sites is 1. The van der Waals surface area contributed by atoms with E-state index >= 15 is 0 Å². The Labute approximate surface area is 166 Å². The molecule has 0 unspecified atom stereocenters. The molecule has 0 atom stereocenters. The summed E-state index contributed by atoms with van der Waals surface area (Å²) >= 11 is 0. The number of rotatable bonds is 5. The van der Waals surface area contributed by atoms with Gasteiger partial charge in [-0.05, 0) is 50.2 Å². The molecule has 0 aromatic heterocycles. The first-order valence-corrected chi connectivity index (χ1v) is 9.51. The molecule has 2 amide bonds. The molecule has 2 aromatic rings. The molecule has 6 heteroatoms. The molecule has 28 heavy (non-hydrogen) atoms. The van der Waals surface area contributed by atoms with Crippen LogP contribution >= 0.6 is 0 Å². The maximum Gasteiger partial charge on any atom is 0.262 e. The van der Waals surface area contributed by atoms with E-state index in [0.717, 1.165) is 43.1 Å². The maximum absolute atomic E-state index is 12.7. The average molecular weight is 381 g/mol. The third kappa shape index (κ3) is 4.89. The van der Waals surface area contributed by atoms with Crippen molar-refractivity contribution in [3.05, 3.63) is 59.2 Å². The van der Waals surface area contributed by atoms with Crippen LogP contribution in [-0.2, 0) is 4.79 Å². The summed E-state index contributed by atoms with van der Waals surface area (Å²) in [6, 6.07) is 12.9. The summed E-state index contributed by atoms with van der Waals surface area (Å²) in [6.07, 6.45) is 0. The number of anilines is 1. The summed E-state index contributed by atoms with van der Waals surface area (Å²) in [4.78, 5) is 29.0. The molecule has 0 aliphatic carbocycles. The fourth-order valence-corrected chi connectivity index (χ4v) is 3.28. The second kappa shape index (κ2) is 8.89. The van der Waals surface area contributed by atoms with Crippen molar-refractivity contribution in [1.29, 1.82) is 0 Å². The van der Waals surface area contributed by atoms with Crippen LogP contribution in [0, 0.1) is 13.8 Å². The zero-order chi connectivity index (χ0) is 20.1. The number of amides is 2. The van der Waals surface area contributed by atoms with Gasteiger partial charge in [0, 0.05) is 37.4 Å². The third-order valence-corrected chi connectivity index (χ3v) is 4.94. The first-order valence-electron chi connectivity index (χ1n) is 9.51. The number of ether oxygens (including phenoxy) is 1. The quantitative estimate of drug-likeness (QED) is 0.865. The molecule has 1 N–H and O–H groups in total. The molecule has 0 bridgehead atoms. The van der Waals surface area contributed by atoms with Gasteiger partial charge in [0.25, 0.3) is 11.8 Å². The van der Waals surface area contributed by atoms with E-state index in [2.05, 4.69) is 17.3 Å². The topological polar surface area (TPSA) is 61.9 Å². The van der Waals surface area contributed by atoms with Crippen molar-refractivity contribution >= 4 is 17.5 Å². The summed E-state index contributed by atoms with van der Waals surface area (Å²) < 4.78 is 5.69. The minimum atomic E-state index is -0.258. The van der Waals surface area contributed by atoms with Crippen LogP contribution in [0.3, 0.4) is 0 Å². The second-order valence-corrected chi connectivity index (χ2v) is 7.23. The maximum atomic E-state index is 12.7. The lowest BCUT2D eigenvalue weighted by atomic mass is 10.1. The molecule has 148 valence electrons. The highest BCUT2D eigenvalue weighted by Gasteiger charge is 2.20. The lowest BCUT2D eigenvalue weighted by Crippen LogP contribution is -2.47.